The number of halogens is 2. The fourth-order valence-electron chi connectivity index (χ4n) is 2.53. The number of anilines is 1. The molecular weight excluding hydrogens is 506 g/mol. The van der Waals surface area contributed by atoms with Crippen molar-refractivity contribution in [2.24, 2.45) is 0 Å². The lowest BCUT2D eigenvalue weighted by Gasteiger charge is -2.09. The van der Waals surface area contributed by atoms with E-state index in [9.17, 15) is 14.9 Å². The van der Waals surface area contributed by atoms with Crippen molar-refractivity contribution in [2.75, 3.05) is 5.32 Å². The zero-order chi connectivity index (χ0) is 22.5. The van der Waals surface area contributed by atoms with Crippen LogP contribution in [0.5, 0.6) is 0 Å². The maximum absolute atomic E-state index is 12.1. The molecule has 2 aromatic carbocycles. The molecular formula is C21H15BrClN3O4S. The number of hydrogen-bond acceptors (Lipinski definition) is 5. The third kappa shape index (κ3) is 6.00. The minimum absolute atomic E-state index is 0.0404. The molecule has 0 radical (unpaired) electrons. The Bertz CT molecular complexity index is 1210. The summed E-state index contributed by atoms with van der Waals surface area (Å²) in [4.78, 5) is 22.4. The van der Waals surface area contributed by atoms with E-state index in [2.05, 4.69) is 26.6 Å². The van der Waals surface area contributed by atoms with Gasteiger partial charge in [0.15, 0.2) is 5.11 Å². The van der Waals surface area contributed by atoms with Crippen molar-refractivity contribution in [1.29, 1.82) is 0 Å². The first-order chi connectivity index (χ1) is 14.7. The fraction of sp³-hybridized carbons (Fsp3) is 0.0476. The quantitative estimate of drug-likeness (QED) is 0.182. The average molecular weight is 521 g/mol. The Morgan fingerprint density at radius 3 is 2.68 bits per heavy atom. The summed E-state index contributed by atoms with van der Waals surface area (Å²) >= 11 is 14.5. The van der Waals surface area contributed by atoms with Crippen LogP contribution in [-0.2, 0) is 4.79 Å². The molecule has 0 unspecified atom stereocenters. The molecule has 2 N–H and O–H groups in total. The molecule has 31 heavy (non-hydrogen) atoms. The molecule has 10 heteroatoms. The molecule has 1 aromatic heterocycles. The van der Waals surface area contributed by atoms with E-state index in [1.54, 1.807) is 12.1 Å². The van der Waals surface area contributed by atoms with Crippen LogP contribution in [-0.4, -0.2) is 15.9 Å². The highest BCUT2D eigenvalue weighted by Crippen LogP contribution is 2.28. The average Bonchev–Trinajstić information content (AvgIpc) is 3.19. The first-order valence-corrected chi connectivity index (χ1v) is 10.4. The summed E-state index contributed by atoms with van der Waals surface area (Å²) in [6.45, 7) is 1.92. The van der Waals surface area contributed by atoms with Gasteiger partial charge in [0, 0.05) is 33.3 Å². The smallest absolute Gasteiger partial charge is 0.270 e. The highest BCUT2D eigenvalue weighted by Gasteiger charge is 2.11. The predicted octanol–water partition coefficient (Wildman–Crippen LogP) is 6.11. The minimum atomic E-state index is -0.507. The molecule has 0 atom stereocenters. The highest BCUT2D eigenvalue weighted by molar-refractivity contribution is 9.10. The number of rotatable bonds is 5. The Kier molecular flexibility index (Phi) is 7.21. The Morgan fingerprint density at radius 2 is 2.00 bits per heavy atom. The van der Waals surface area contributed by atoms with E-state index >= 15 is 0 Å². The number of nitrogens with zero attached hydrogens (tertiary/aromatic N) is 1. The molecule has 3 rings (SSSR count). The summed E-state index contributed by atoms with van der Waals surface area (Å²) in [5.74, 6) is 0.646. The Morgan fingerprint density at radius 1 is 1.23 bits per heavy atom. The molecule has 1 amide bonds. The normalized spacial score (nSPS) is 10.8. The first-order valence-electron chi connectivity index (χ1n) is 8.83. The van der Waals surface area contributed by atoms with Crippen molar-refractivity contribution in [2.45, 2.75) is 6.92 Å². The largest absolute Gasteiger partial charge is 0.457 e. The van der Waals surface area contributed by atoms with E-state index in [4.69, 9.17) is 28.2 Å². The predicted molar refractivity (Wildman–Crippen MR) is 128 cm³/mol. The van der Waals surface area contributed by atoms with Gasteiger partial charge in [-0.25, -0.2) is 0 Å². The fourth-order valence-corrected chi connectivity index (χ4v) is 3.38. The zero-order valence-corrected chi connectivity index (χ0v) is 19.2. The Hall–Kier alpha value is -3.01. The van der Waals surface area contributed by atoms with Gasteiger partial charge < -0.3 is 9.73 Å². The molecule has 3 aromatic rings. The van der Waals surface area contributed by atoms with E-state index < -0.39 is 10.8 Å². The van der Waals surface area contributed by atoms with Gasteiger partial charge in [0.25, 0.3) is 5.69 Å². The van der Waals surface area contributed by atoms with Gasteiger partial charge in [0.2, 0.25) is 5.91 Å². The molecule has 0 aliphatic heterocycles. The van der Waals surface area contributed by atoms with Crippen LogP contribution in [0.1, 0.15) is 11.3 Å². The molecule has 0 aliphatic carbocycles. The van der Waals surface area contributed by atoms with Crippen LogP contribution in [0.2, 0.25) is 5.02 Å². The molecule has 0 saturated heterocycles. The second-order valence-electron chi connectivity index (χ2n) is 6.36. The summed E-state index contributed by atoms with van der Waals surface area (Å²) in [6.07, 6.45) is 2.79. The lowest BCUT2D eigenvalue weighted by molar-refractivity contribution is -0.384. The van der Waals surface area contributed by atoms with Crippen molar-refractivity contribution in [3.8, 4) is 11.3 Å². The summed E-state index contributed by atoms with van der Waals surface area (Å²) in [6, 6.07) is 13.3. The number of furan rings is 1. The van der Waals surface area contributed by atoms with Crippen LogP contribution >= 0.6 is 39.7 Å². The molecule has 1 heterocycles. The third-order valence-corrected chi connectivity index (χ3v) is 5.40. The minimum Gasteiger partial charge on any atom is -0.457 e. The van der Waals surface area contributed by atoms with E-state index in [0.717, 1.165) is 11.1 Å². The second kappa shape index (κ2) is 9.86. The summed E-state index contributed by atoms with van der Waals surface area (Å²) < 4.78 is 6.16. The van der Waals surface area contributed by atoms with Crippen LogP contribution < -0.4 is 10.6 Å². The number of aryl methyl sites for hydroxylation is 1. The van der Waals surface area contributed by atoms with Gasteiger partial charge in [0.05, 0.1) is 10.6 Å². The molecule has 0 bridgehead atoms. The third-order valence-electron chi connectivity index (χ3n) is 4.13. The van der Waals surface area contributed by atoms with Gasteiger partial charge in [-0.3, -0.25) is 20.2 Å². The van der Waals surface area contributed by atoms with Crippen molar-refractivity contribution in [3.05, 3.63) is 85.5 Å². The lowest BCUT2D eigenvalue weighted by atomic mass is 10.1. The summed E-state index contributed by atoms with van der Waals surface area (Å²) in [5, 5.41) is 16.8. The number of carbonyl (C=O) groups is 1. The lowest BCUT2D eigenvalue weighted by Crippen LogP contribution is -2.32. The number of nitro benzene ring substituents is 1. The van der Waals surface area contributed by atoms with Gasteiger partial charge in [0.1, 0.15) is 11.5 Å². The zero-order valence-electron chi connectivity index (χ0n) is 16.0. The summed E-state index contributed by atoms with van der Waals surface area (Å²) in [7, 11) is 0. The molecule has 158 valence electrons. The maximum atomic E-state index is 12.1. The Labute approximate surface area is 196 Å². The van der Waals surface area contributed by atoms with Crippen LogP contribution in [0, 0.1) is 17.0 Å². The van der Waals surface area contributed by atoms with Gasteiger partial charge in [-0.05, 0) is 71.0 Å². The van der Waals surface area contributed by atoms with Crippen LogP contribution in [0.25, 0.3) is 17.4 Å². The molecule has 0 aliphatic rings. The number of benzene rings is 2. The Balaban J connectivity index is 1.59. The van der Waals surface area contributed by atoms with E-state index in [-0.39, 0.29) is 10.8 Å². The molecule has 7 nitrogen and oxygen atoms in total. The number of thiocarbonyl (C=S) groups is 1. The van der Waals surface area contributed by atoms with Crippen LogP contribution in [0.4, 0.5) is 11.4 Å². The molecule has 0 fully saturated rings. The van der Waals surface area contributed by atoms with Gasteiger partial charge in [-0.1, -0.05) is 23.7 Å². The van der Waals surface area contributed by atoms with Crippen molar-refractivity contribution in [3.63, 3.8) is 0 Å². The van der Waals surface area contributed by atoms with E-state index in [1.165, 1.54) is 30.4 Å². The first kappa shape index (κ1) is 22.7. The number of amides is 1. The van der Waals surface area contributed by atoms with Crippen LogP contribution in [0.3, 0.4) is 0 Å². The number of nitro groups is 1. The monoisotopic (exact) mass is 519 g/mol. The van der Waals surface area contributed by atoms with Crippen LogP contribution in [0.15, 0.2) is 63.5 Å². The van der Waals surface area contributed by atoms with Gasteiger partial charge >= 0.3 is 0 Å². The summed E-state index contributed by atoms with van der Waals surface area (Å²) in [5.41, 5.74) is 2.21. The van der Waals surface area contributed by atoms with Gasteiger partial charge in [-0.2, -0.15) is 0 Å². The highest BCUT2D eigenvalue weighted by atomic mass is 79.9. The number of non-ortho nitro benzene ring substituents is 1. The molecule has 0 saturated carbocycles. The van der Waals surface area contributed by atoms with Crippen molar-refractivity contribution in [1.82, 2.24) is 5.32 Å². The number of hydrogen-bond donors (Lipinski definition) is 2. The number of nitrogens with one attached hydrogen (secondary N) is 2. The SMILES string of the molecule is Cc1ccc(-c2ccc(/C=C/C(=O)NC(=S)Nc3ccc([N+](=O)[O-])cc3Br)o2)cc1Cl. The topological polar surface area (TPSA) is 97.4 Å². The molecule has 0 spiro atoms. The second-order valence-corrected chi connectivity index (χ2v) is 8.03. The maximum Gasteiger partial charge on any atom is 0.270 e. The van der Waals surface area contributed by atoms with Gasteiger partial charge in [-0.15, -0.1) is 0 Å². The number of carbonyl (C=O) groups excluding carboxylic acids is 1. The van der Waals surface area contributed by atoms with E-state index in [0.29, 0.717) is 26.7 Å². The van der Waals surface area contributed by atoms with Crippen molar-refractivity contribution >= 4 is 68.2 Å². The van der Waals surface area contributed by atoms with E-state index in [1.807, 2.05) is 25.1 Å². The van der Waals surface area contributed by atoms with Crippen molar-refractivity contribution < 1.29 is 14.1 Å². The standard InChI is InChI=1S/C21H15BrClN3O4S/c1-12-2-3-13(10-17(12)23)19-8-5-15(30-19)6-9-20(27)25-21(31)24-18-7-4-14(26(28)29)11-16(18)22/h2-11H,1H3,(H2,24,25,27,31)/b9-6+.